The largest absolute Gasteiger partial charge is 0.494 e. The molecule has 4 heteroatoms. The summed E-state index contributed by atoms with van der Waals surface area (Å²) in [6.07, 6.45) is 0. The van der Waals surface area contributed by atoms with Crippen molar-refractivity contribution in [1.82, 2.24) is 0 Å². The van der Waals surface area contributed by atoms with E-state index in [4.69, 9.17) is 16.2 Å². The van der Waals surface area contributed by atoms with Crippen LogP contribution in [0.3, 0.4) is 0 Å². The minimum atomic E-state index is 0.0635. The Morgan fingerprint density at radius 3 is 2.64 bits per heavy atom. The van der Waals surface area contributed by atoms with Gasteiger partial charge in [-0.05, 0) is 37.6 Å². The molecular formula is C10H15N3O. The Bertz CT molecular complexity index is 343. The fourth-order valence-electron chi connectivity index (χ4n) is 1.17. The van der Waals surface area contributed by atoms with E-state index in [0.29, 0.717) is 6.61 Å². The van der Waals surface area contributed by atoms with E-state index in [1.807, 2.05) is 32.0 Å². The summed E-state index contributed by atoms with van der Waals surface area (Å²) in [6.45, 7) is 4.56. The number of aliphatic imine (C=N–C) groups is 1. The molecule has 4 N–H and O–H groups in total. The van der Waals surface area contributed by atoms with Gasteiger partial charge in [0.2, 0.25) is 0 Å². The highest BCUT2D eigenvalue weighted by Gasteiger charge is 1.99. The zero-order valence-electron chi connectivity index (χ0n) is 8.45. The minimum Gasteiger partial charge on any atom is -0.494 e. The first kappa shape index (κ1) is 10.4. The van der Waals surface area contributed by atoms with Crippen LogP contribution < -0.4 is 16.2 Å². The molecule has 14 heavy (non-hydrogen) atoms. The van der Waals surface area contributed by atoms with Crippen LogP contribution in [0.1, 0.15) is 12.5 Å². The van der Waals surface area contributed by atoms with Crippen LogP contribution in [0.25, 0.3) is 0 Å². The standard InChI is InChI=1S/C10H15N3O/c1-3-14-9-5-4-8(6-7(9)2)13-10(11)12/h4-6H,3H2,1-2H3,(H4,11,12,13). The smallest absolute Gasteiger partial charge is 0.191 e. The molecule has 1 aromatic rings. The van der Waals surface area contributed by atoms with Crippen molar-refractivity contribution in [3.8, 4) is 5.75 Å². The van der Waals surface area contributed by atoms with Crippen LogP contribution in [-0.2, 0) is 0 Å². The molecule has 0 bridgehead atoms. The van der Waals surface area contributed by atoms with E-state index in [2.05, 4.69) is 4.99 Å². The van der Waals surface area contributed by atoms with E-state index >= 15 is 0 Å². The summed E-state index contributed by atoms with van der Waals surface area (Å²) in [7, 11) is 0. The maximum absolute atomic E-state index is 5.39. The Kier molecular flexibility index (Phi) is 3.34. The van der Waals surface area contributed by atoms with E-state index in [-0.39, 0.29) is 5.96 Å². The second-order valence-corrected chi connectivity index (χ2v) is 2.92. The van der Waals surface area contributed by atoms with E-state index in [1.165, 1.54) is 0 Å². The number of ether oxygens (including phenoxy) is 1. The van der Waals surface area contributed by atoms with Crippen LogP contribution in [-0.4, -0.2) is 12.6 Å². The van der Waals surface area contributed by atoms with Gasteiger partial charge in [0.05, 0.1) is 12.3 Å². The molecule has 0 aliphatic rings. The SMILES string of the molecule is CCOc1ccc(N=C(N)N)cc1C. The van der Waals surface area contributed by atoms with Crippen LogP contribution in [0, 0.1) is 6.92 Å². The summed E-state index contributed by atoms with van der Waals surface area (Å²) >= 11 is 0. The maximum atomic E-state index is 5.39. The number of nitrogens with two attached hydrogens (primary N) is 2. The first-order valence-electron chi connectivity index (χ1n) is 4.46. The number of hydrogen-bond acceptors (Lipinski definition) is 2. The van der Waals surface area contributed by atoms with Crippen LogP contribution >= 0.6 is 0 Å². The van der Waals surface area contributed by atoms with Gasteiger partial charge in [0.1, 0.15) is 5.75 Å². The summed E-state index contributed by atoms with van der Waals surface area (Å²) in [5, 5.41) is 0. The molecule has 1 rings (SSSR count). The van der Waals surface area contributed by atoms with E-state index in [1.54, 1.807) is 0 Å². The van der Waals surface area contributed by atoms with Gasteiger partial charge in [-0.25, -0.2) is 4.99 Å². The van der Waals surface area contributed by atoms with Crippen LogP contribution in [0.4, 0.5) is 5.69 Å². The summed E-state index contributed by atoms with van der Waals surface area (Å²) in [5.41, 5.74) is 12.3. The molecule has 0 saturated carbocycles. The summed E-state index contributed by atoms with van der Waals surface area (Å²) < 4.78 is 5.39. The second-order valence-electron chi connectivity index (χ2n) is 2.92. The topological polar surface area (TPSA) is 73.6 Å². The van der Waals surface area contributed by atoms with Gasteiger partial charge in [-0.1, -0.05) is 0 Å². The number of aryl methyl sites for hydroxylation is 1. The minimum absolute atomic E-state index is 0.0635. The highest BCUT2D eigenvalue weighted by Crippen LogP contribution is 2.23. The van der Waals surface area contributed by atoms with Gasteiger partial charge < -0.3 is 16.2 Å². The van der Waals surface area contributed by atoms with Crippen molar-refractivity contribution in [2.24, 2.45) is 16.5 Å². The van der Waals surface area contributed by atoms with Crippen molar-refractivity contribution in [2.45, 2.75) is 13.8 Å². The van der Waals surface area contributed by atoms with Gasteiger partial charge in [-0.3, -0.25) is 0 Å². The normalized spacial score (nSPS) is 9.57. The molecular weight excluding hydrogens is 178 g/mol. The Hall–Kier alpha value is -1.71. The second kappa shape index (κ2) is 4.50. The van der Waals surface area contributed by atoms with Crippen molar-refractivity contribution in [2.75, 3.05) is 6.61 Å². The third-order valence-electron chi connectivity index (χ3n) is 1.72. The molecule has 0 aliphatic heterocycles. The highest BCUT2D eigenvalue weighted by molar-refractivity contribution is 5.79. The van der Waals surface area contributed by atoms with Crippen molar-refractivity contribution in [1.29, 1.82) is 0 Å². The first-order chi connectivity index (χ1) is 6.63. The molecule has 0 heterocycles. The number of rotatable bonds is 3. The van der Waals surface area contributed by atoms with Gasteiger partial charge >= 0.3 is 0 Å². The van der Waals surface area contributed by atoms with Crippen LogP contribution in [0.2, 0.25) is 0 Å². The molecule has 0 unspecified atom stereocenters. The lowest BCUT2D eigenvalue weighted by Gasteiger charge is -2.06. The van der Waals surface area contributed by atoms with Crippen molar-refractivity contribution >= 4 is 11.6 Å². The van der Waals surface area contributed by atoms with Crippen molar-refractivity contribution < 1.29 is 4.74 Å². The average molecular weight is 193 g/mol. The molecule has 76 valence electrons. The van der Waals surface area contributed by atoms with Crippen molar-refractivity contribution in [3.63, 3.8) is 0 Å². The molecule has 0 radical (unpaired) electrons. The molecule has 0 amide bonds. The molecule has 0 fully saturated rings. The summed E-state index contributed by atoms with van der Waals surface area (Å²) in [6, 6.07) is 5.56. The number of guanidine groups is 1. The number of benzene rings is 1. The Morgan fingerprint density at radius 1 is 1.43 bits per heavy atom. The molecule has 0 saturated heterocycles. The zero-order chi connectivity index (χ0) is 10.6. The van der Waals surface area contributed by atoms with E-state index in [9.17, 15) is 0 Å². The Balaban J connectivity index is 2.94. The predicted octanol–water partition coefficient (Wildman–Crippen LogP) is 1.30. The summed E-state index contributed by atoms with van der Waals surface area (Å²) in [4.78, 5) is 3.94. The molecule has 0 aliphatic carbocycles. The van der Waals surface area contributed by atoms with Gasteiger partial charge in [0, 0.05) is 0 Å². The summed E-state index contributed by atoms with van der Waals surface area (Å²) in [5.74, 6) is 0.926. The van der Waals surface area contributed by atoms with Gasteiger partial charge in [0.15, 0.2) is 5.96 Å². The number of hydrogen-bond donors (Lipinski definition) is 2. The van der Waals surface area contributed by atoms with Crippen molar-refractivity contribution in [3.05, 3.63) is 23.8 Å². The fourth-order valence-corrected chi connectivity index (χ4v) is 1.17. The molecule has 0 aromatic heterocycles. The average Bonchev–Trinajstić information content (AvgIpc) is 2.09. The molecule has 0 spiro atoms. The van der Waals surface area contributed by atoms with Gasteiger partial charge in [-0.2, -0.15) is 0 Å². The quantitative estimate of drug-likeness (QED) is 0.561. The first-order valence-corrected chi connectivity index (χ1v) is 4.46. The molecule has 1 aromatic carbocycles. The van der Waals surface area contributed by atoms with E-state index in [0.717, 1.165) is 17.0 Å². The van der Waals surface area contributed by atoms with Crippen LogP contribution in [0.5, 0.6) is 5.75 Å². The highest BCUT2D eigenvalue weighted by atomic mass is 16.5. The van der Waals surface area contributed by atoms with E-state index < -0.39 is 0 Å². The monoisotopic (exact) mass is 193 g/mol. The van der Waals surface area contributed by atoms with Gasteiger partial charge in [0.25, 0.3) is 0 Å². The maximum Gasteiger partial charge on any atom is 0.191 e. The predicted molar refractivity (Wildman–Crippen MR) is 57.8 cm³/mol. The Labute approximate surface area is 83.6 Å². The third kappa shape index (κ3) is 2.65. The fraction of sp³-hybridized carbons (Fsp3) is 0.300. The third-order valence-corrected chi connectivity index (χ3v) is 1.72. The Morgan fingerprint density at radius 2 is 2.14 bits per heavy atom. The molecule has 0 atom stereocenters. The lowest BCUT2D eigenvalue weighted by atomic mass is 10.2. The lowest BCUT2D eigenvalue weighted by molar-refractivity contribution is 0.338. The van der Waals surface area contributed by atoms with Gasteiger partial charge in [-0.15, -0.1) is 0 Å². The molecule has 4 nitrogen and oxygen atoms in total. The number of nitrogens with zero attached hydrogens (tertiary/aromatic N) is 1. The zero-order valence-corrected chi connectivity index (χ0v) is 8.45. The lowest BCUT2D eigenvalue weighted by Crippen LogP contribution is -2.21. The van der Waals surface area contributed by atoms with Crippen LogP contribution in [0.15, 0.2) is 23.2 Å².